The van der Waals surface area contributed by atoms with Gasteiger partial charge in [0.15, 0.2) is 0 Å². The molecule has 0 unspecified atom stereocenters. The van der Waals surface area contributed by atoms with E-state index >= 15 is 0 Å². The van der Waals surface area contributed by atoms with E-state index in [4.69, 9.17) is 0 Å². The first kappa shape index (κ1) is 17.3. The highest BCUT2D eigenvalue weighted by Crippen LogP contribution is 2.12. The van der Waals surface area contributed by atoms with E-state index in [1.54, 1.807) is 0 Å². The molecule has 0 amide bonds. The Bertz CT molecular complexity index is 206. The molecule has 0 aliphatic rings. The van der Waals surface area contributed by atoms with Crippen LogP contribution in [0.15, 0.2) is 24.5 Å². The minimum absolute atomic E-state index is 0.537. The van der Waals surface area contributed by atoms with E-state index in [1.165, 1.54) is 57.8 Å². The number of rotatable bonds is 13. The maximum Gasteiger partial charge on any atom is 0.0886 e. The fraction of sp³-hybridized carbons (Fsp3) is 0.765. The number of hydrogen-bond acceptors (Lipinski definition) is 1. The molecule has 0 saturated heterocycles. The van der Waals surface area contributed by atoms with E-state index in [2.05, 4.69) is 13.5 Å². The van der Waals surface area contributed by atoms with Gasteiger partial charge in [-0.1, -0.05) is 70.8 Å². The molecule has 0 fully saturated rings. The van der Waals surface area contributed by atoms with Crippen molar-refractivity contribution >= 4 is 0 Å². The molecule has 106 valence electrons. The zero-order valence-electron chi connectivity index (χ0n) is 12.3. The van der Waals surface area contributed by atoms with Gasteiger partial charge < -0.3 is 5.11 Å². The first-order valence-electron chi connectivity index (χ1n) is 7.80. The quantitative estimate of drug-likeness (QED) is 0.231. The maximum absolute atomic E-state index is 9.52. The Morgan fingerprint density at radius 1 is 0.889 bits per heavy atom. The minimum Gasteiger partial charge on any atom is -0.513 e. The highest BCUT2D eigenvalue weighted by molar-refractivity contribution is 4.94. The lowest BCUT2D eigenvalue weighted by Crippen LogP contribution is -1.84. The second kappa shape index (κ2) is 14.3. The van der Waals surface area contributed by atoms with Crippen LogP contribution in [0.4, 0.5) is 0 Å². The Morgan fingerprint density at radius 3 is 1.89 bits per heavy atom. The topological polar surface area (TPSA) is 20.2 Å². The number of allylic oxidation sites excluding steroid dienone is 3. The summed E-state index contributed by atoms with van der Waals surface area (Å²) in [6.07, 6.45) is 18.7. The van der Waals surface area contributed by atoms with Gasteiger partial charge in [0.25, 0.3) is 0 Å². The van der Waals surface area contributed by atoms with Gasteiger partial charge in [-0.05, 0) is 18.9 Å². The van der Waals surface area contributed by atoms with Crippen LogP contribution in [0.25, 0.3) is 0 Å². The van der Waals surface area contributed by atoms with Crippen molar-refractivity contribution in [1.29, 1.82) is 0 Å². The van der Waals surface area contributed by atoms with E-state index < -0.39 is 0 Å². The third kappa shape index (κ3) is 13.3. The van der Waals surface area contributed by atoms with E-state index in [1.807, 2.05) is 12.2 Å². The Morgan fingerprint density at radius 2 is 1.39 bits per heavy atom. The highest BCUT2D eigenvalue weighted by atomic mass is 16.3. The molecule has 0 heterocycles. The Kier molecular flexibility index (Phi) is 13.8. The van der Waals surface area contributed by atoms with Crippen LogP contribution in [-0.4, -0.2) is 5.11 Å². The van der Waals surface area contributed by atoms with Gasteiger partial charge in [-0.15, -0.1) is 6.58 Å². The summed E-state index contributed by atoms with van der Waals surface area (Å²) in [7, 11) is 0. The first-order valence-corrected chi connectivity index (χ1v) is 7.80. The van der Waals surface area contributed by atoms with Gasteiger partial charge in [0.05, 0.1) is 5.76 Å². The first-order chi connectivity index (χ1) is 8.81. The van der Waals surface area contributed by atoms with E-state index in [0.29, 0.717) is 5.76 Å². The molecule has 0 aliphatic heterocycles. The number of aliphatic hydroxyl groups excluding tert-OH is 1. The lowest BCUT2D eigenvalue weighted by Gasteiger charge is -2.02. The van der Waals surface area contributed by atoms with Crippen LogP contribution >= 0.6 is 0 Å². The van der Waals surface area contributed by atoms with Gasteiger partial charge in [-0.3, -0.25) is 0 Å². The van der Waals surface area contributed by atoms with Crippen LogP contribution in [0.1, 0.15) is 84.0 Å². The Hall–Kier alpha value is -0.720. The van der Waals surface area contributed by atoms with E-state index in [9.17, 15) is 5.11 Å². The summed E-state index contributed by atoms with van der Waals surface area (Å²) < 4.78 is 0. The molecule has 0 spiro atoms. The summed E-state index contributed by atoms with van der Waals surface area (Å²) in [5.41, 5.74) is 0. The molecule has 1 N–H and O–H groups in total. The summed E-state index contributed by atoms with van der Waals surface area (Å²) in [5, 5.41) is 9.52. The number of unbranched alkanes of at least 4 members (excludes halogenated alkanes) is 9. The molecule has 0 atom stereocenters. The third-order valence-corrected chi connectivity index (χ3v) is 3.31. The molecule has 0 aromatic heterocycles. The normalized spacial score (nSPS) is 11.7. The van der Waals surface area contributed by atoms with Crippen LogP contribution in [0.2, 0.25) is 0 Å². The Balaban J connectivity index is 3.13. The molecule has 0 saturated carbocycles. The predicted molar refractivity (Wildman–Crippen MR) is 82.0 cm³/mol. The molecule has 18 heavy (non-hydrogen) atoms. The van der Waals surface area contributed by atoms with Crippen molar-refractivity contribution in [2.45, 2.75) is 84.0 Å². The standard InChI is InChI=1S/C17H32O/c1-3-5-7-8-9-10-11-12-13-14-16-17(18)15-6-4-2/h4,15,18H,2-3,5-14,16H2,1H3/b17-15+. The van der Waals surface area contributed by atoms with Crippen molar-refractivity contribution in [1.82, 2.24) is 0 Å². The van der Waals surface area contributed by atoms with E-state index in [-0.39, 0.29) is 0 Å². The van der Waals surface area contributed by atoms with E-state index in [0.717, 1.165) is 19.3 Å². The van der Waals surface area contributed by atoms with Gasteiger partial charge in [0.1, 0.15) is 0 Å². The van der Waals surface area contributed by atoms with Crippen molar-refractivity contribution in [2.24, 2.45) is 0 Å². The van der Waals surface area contributed by atoms with Crippen molar-refractivity contribution in [2.75, 3.05) is 0 Å². The molecule has 1 heteroatoms. The summed E-state index contributed by atoms with van der Waals surface area (Å²) in [6, 6.07) is 0. The average Bonchev–Trinajstić information content (AvgIpc) is 2.38. The molecule has 0 aliphatic carbocycles. The third-order valence-electron chi connectivity index (χ3n) is 3.31. The highest BCUT2D eigenvalue weighted by Gasteiger charge is 1.95. The monoisotopic (exact) mass is 252 g/mol. The van der Waals surface area contributed by atoms with Gasteiger partial charge in [0, 0.05) is 6.42 Å². The lowest BCUT2D eigenvalue weighted by atomic mass is 10.1. The Labute approximate surface area is 114 Å². The largest absolute Gasteiger partial charge is 0.513 e. The SMILES string of the molecule is C=CC/C=C(/O)CCCCCCCCCCCC. The van der Waals surface area contributed by atoms with Gasteiger partial charge in [0.2, 0.25) is 0 Å². The lowest BCUT2D eigenvalue weighted by molar-refractivity contribution is 0.378. The molecule has 0 aromatic rings. The number of hydrogen-bond donors (Lipinski definition) is 1. The van der Waals surface area contributed by atoms with Crippen molar-refractivity contribution in [3.8, 4) is 0 Å². The van der Waals surface area contributed by atoms with Gasteiger partial charge in [-0.2, -0.15) is 0 Å². The van der Waals surface area contributed by atoms with Crippen LogP contribution in [0.3, 0.4) is 0 Å². The van der Waals surface area contributed by atoms with Crippen molar-refractivity contribution in [3.63, 3.8) is 0 Å². The van der Waals surface area contributed by atoms with Crippen LogP contribution in [-0.2, 0) is 0 Å². The molecular formula is C17H32O. The molecule has 0 bridgehead atoms. The zero-order valence-corrected chi connectivity index (χ0v) is 12.3. The van der Waals surface area contributed by atoms with Gasteiger partial charge in [-0.25, -0.2) is 0 Å². The summed E-state index contributed by atoms with van der Waals surface area (Å²) in [4.78, 5) is 0. The maximum atomic E-state index is 9.52. The molecule has 1 nitrogen and oxygen atoms in total. The fourth-order valence-electron chi connectivity index (χ4n) is 2.11. The summed E-state index contributed by atoms with van der Waals surface area (Å²) in [6.45, 7) is 5.90. The summed E-state index contributed by atoms with van der Waals surface area (Å²) in [5.74, 6) is 0.537. The van der Waals surface area contributed by atoms with Crippen molar-refractivity contribution in [3.05, 3.63) is 24.5 Å². The van der Waals surface area contributed by atoms with Gasteiger partial charge >= 0.3 is 0 Å². The molecule has 0 radical (unpaired) electrons. The molecule has 0 aromatic carbocycles. The van der Waals surface area contributed by atoms with Crippen molar-refractivity contribution < 1.29 is 5.11 Å². The number of aliphatic hydroxyl groups is 1. The van der Waals surface area contributed by atoms with Crippen LogP contribution < -0.4 is 0 Å². The zero-order chi connectivity index (χ0) is 13.5. The predicted octanol–water partition coefficient (Wildman–Crippen LogP) is 6.32. The fourth-order valence-corrected chi connectivity index (χ4v) is 2.11. The second-order valence-corrected chi connectivity index (χ2v) is 5.15. The molecule has 0 rings (SSSR count). The molecular weight excluding hydrogens is 220 g/mol. The second-order valence-electron chi connectivity index (χ2n) is 5.15. The average molecular weight is 252 g/mol. The van der Waals surface area contributed by atoms with Crippen LogP contribution in [0.5, 0.6) is 0 Å². The smallest absolute Gasteiger partial charge is 0.0886 e. The van der Waals surface area contributed by atoms with Crippen LogP contribution in [0, 0.1) is 0 Å². The summed E-state index contributed by atoms with van der Waals surface area (Å²) >= 11 is 0. The minimum atomic E-state index is 0.537.